The highest BCUT2D eigenvalue weighted by Gasteiger charge is 2.24. The Balaban J connectivity index is 3.56. The summed E-state index contributed by atoms with van der Waals surface area (Å²) in [5.74, 6) is -9.90. The summed E-state index contributed by atoms with van der Waals surface area (Å²) in [5.41, 5.74) is -1.02. The van der Waals surface area contributed by atoms with Crippen LogP contribution in [0.25, 0.3) is 0 Å². The molecule has 1 rings (SSSR count). The van der Waals surface area contributed by atoms with Crippen molar-refractivity contribution in [1.82, 2.24) is 0 Å². The van der Waals surface area contributed by atoms with Crippen LogP contribution in [0.3, 0.4) is 0 Å². The van der Waals surface area contributed by atoms with Crippen molar-refractivity contribution in [2.45, 2.75) is 0 Å². The smallest absolute Gasteiger partial charge is 0.204 e. The monoisotopic (exact) mass is 214 g/mol. The van der Waals surface area contributed by atoms with Gasteiger partial charge in [0.1, 0.15) is 0 Å². The van der Waals surface area contributed by atoms with Gasteiger partial charge < -0.3 is 0 Å². The van der Waals surface area contributed by atoms with Crippen molar-refractivity contribution in [2.75, 3.05) is 0 Å². The van der Waals surface area contributed by atoms with Crippen LogP contribution in [0, 0.1) is 29.1 Å². The quantitative estimate of drug-likeness (QED) is 0.288. The molecule has 0 aliphatic rings. The Labute approximate surface area is 75.5 Å². The maximum Gasteiger partial charge on any atom is 0.273 e. The summed E-state index contributed by atoms with van der Waals surface area (Å²) in [7, 11) is 0. The lowest BCUT2D eigenvalue weighted by Crippen LogP contribution is -2.24. The number of rotatable bonds is 1. The van der Waals surface area contributed by atoms with Crippen molar-refractivity contribution >= 4 is 23.6 Å². The molecule has 1 aromatic rings. The lowest BCUT2D eigenvalue weighted by atomic mass is 9.92. The Morgan fingerprint density at radius 1 is 0.692 bits per heavy atom. The van der Waals surface area contributed by atoms with Crippen LogP contribution in [0.1, 0.15) is 0 Å². The molecule has 7 heteroatoms. The third-order valence-electron chi connectivity index (χ3n) is 1.43. The first-order chi connectivity index (χ1) is 6.00. The third-order valence-corrected chi connectivity index (χ3v) is 1.70. The molecule has 0 bridgehead atoms. The van der Waals surface area contributed by atoms with Crippen LogP contribution in [0.4, 0.5) is 22.0 Å². The van der Waals surface area contributed by atoms with E-state index in [1.807, 2.05) is 0 Å². The molecule has 0 aromatic heterocycles. The molecule has 0 N–H and O–H groups in total. The Hall–Kier alpha value is -0.775. The highest BCUT2D eigenvalue weighted by molar-refractivity contribution is 7.01. The van der Waals surface area contributed by atoms with Gasteiger partial charge in [0.2, 0.25) is 0 Å². The van der Waals surface area contributed by atoms with E-state index in [4.69, 9.17) is 11.5 Å². The van der Waals surface area contributed by atoms with E-state index < -0.39 is 41.2 Å². The van der Waals surface area contributed by atoms with Gasteiger partial charge in [-0.25, -0.2) is 22.0 Å². The van der Waals surface area contributed by atoms with Gasteiger partial charge in [-0.05, 0) is 0 Å². The Morgan fingerprint density at radius 3 is 1.31 bits per heavy atom. The summed E-state index contributed by atoms with van der Waals surface area (Å²) in [6.45, 7) is -0.772. The second-order valence-corrected chi connectivity index (χ2v) is 2.45. The maximum atomic E-state index is 12.6. The van der Waals surface area contributed by atoms with Crippen molar-refractivity contribution in [3.63, 3.8) is 0 Å². The second kappa shape index (κ2) is 3.53. The zero-order valence-electron chi connectivity index (χ0n) is 5.97. The first-order valence-corrected chi connectivity index (χ1v) is 3.60. The molecule has 1 aromatic carbocycles. The van der Waals surface area contributed by atoms with Gasteiger partial charge in [0.15, 0.2) is 29.1 Å². The largest absolute Gasteiger partial charge is 0.273 e. The van der Waals surface area contributed by atoms with Crippen LogP contribution in [-0.4, -0.2) is 6.69 Å². The maximum absolute atomic E-state index is 12.6. The SMILES string of the molecule is Fc1c(F)c(F)c(BCl)c(F)c1F. The fraction of sp³-hybridized carbons (Fsp3) is 0. The molecule has 0 radical (unpaired) electrons. The van der Waals surface area contributed by atoms with Crippen molar-refractivity contribution in [2.24, 2.45) is 0 Å². The minimum absolute atomic E-state index is 0.772. The summed E-state index contributed by atoms with van der Waals surface area (Å²) in [4.78, 5) is 0. The van der Waals surface area contributed by atoms with Crippen molar-refractivity contribution in [3.05, 3.63) is 29.1 Å². The number of hydrogen-bond donors (Lipinski definition) is 0. The lowest BCUT2D eigenvalue weighted by Gasteiger charge is -2.03. The summed E-state index contributed by atoms with van der Waals surface area (Å²) < 4.78 is 62.3. The molecule has 0 saturated heterocycles. The Bertz CT molecular complexity index is 324. The van der Waals surface area contributed by atoms with Crippen LogP contribution in [0.5, 0.6) is 0 Å². The molecule has 0 unspecified atom stereocenters. The molecule has 70 valence electrons. The third kappa shape index (κ3) is 1.50. The van der Waals surface area contributed by atoms with Crippen LogP contribution in [0.15, 0.2) is 0 Å². The minimum atomic E-state index is -2.18. The molecular formula is C6HBClF5. The molecule has 0 fully saturated rings. The molecule has 0 aliphatic carbocycles. The van der Waals surface area contributed by atoms with E-state index >= 15 is 0 Å². The van der Waals surface area contributed by atoms with Crippen LogP contribution >= 0.6 is 11.5 Å². The Kier molecular flexibility index (Phi) is 2.80. The highest BCUT2D eigenvalue weighted by Crippen LogP contribution is 2.15. The average molecular weight is 214 g/mol. The van der Waals surface area contributed by atoms with Gasteiger partial charge in [-0.15, -0.1) is 0 Å². The topological polar surface area (TPSA) is 0 Å². The van der Waals surface area contributed by atoms with Gasteiger partial charge in [-0.2, -0.15) is 11.5 Å². The molecule has 0 heterocycles. The van der Waals surface area contributed by atoms with Crippen molar-refractivity contribution < 1.29 is 22.0 Å². The van der Waals surface area contributed by atoms with E-state index in [-0.39, 0.29) is 0 Å². The fourth-order valence-electron chi connectivity index (χ4n) is 0.768. The van der Waals surface area contributed by atoms with Gasteiger partial charge in [0.25, 0.3) is 6.69 Å². The summed E-state index contributed by atoms with van der Waals surface area (Å²) in [6, 6.07) is 0. The molecule has 0 amide bonds. The molecule has 0 spiro atoms. The van der Waals surface area contributed by atoms with E-state index in [0.717, 1.165) is 0 Å². The van der Waals surface area contributed by atoms with Crippen LogP contribution in [-0.2, 0) is 0 Å². The standard InChI is InChI=1S/C6HBClF5/c8-7-1-2(9)4(11)6(13)5(12)3(1)10/h7H. The van der Waals surface area contributed by atoms with E-state index in [1.165, 1.54) is 0 Å². The number of hydrogen-bond acceptors (Lipinski definition) is 0. The molecule has 0 aliphatic heterocycles. The summed E-state index contributed by atoms with van der Waals surface area (Å²) in [5, 5.41) is 0. The molecule has 0 nitrogen and oxygen atoms in total. The molecular weight excluding hydrogens is 213 g/mol. The first kappa shape index (κ1) is 10.3. The zero-order valence-corrected chi connectivity index (χ0v) is 6.73. The number of benzene rings is 1. The molecule has 13 heavy (non-hydrogen) atoms. The van der Waals surface area contributed by atoms with E-state index in [1.54, 1.807) is 0 Å². The normalized spacial score (nSPS) is 10.3. The molecule has 0 atom stereocenters. The van der Waals surface area contributed by atoms with Crippen LogP contribution < -0.4 is 5.46 Å². The zero-order chi connectivity index (χ0) is 10.2. The average Bonchev–Trinajstić information content (AvgIpc) is 2.13. The number of halogens is 6. The van der Waals surface area contributed by atoms with Crippen LogP contribution in [0.2, 0.25) is 0 Å². The van der Waals surface area contributed by atoms with E-state index in [2.05, 4.69) is 0 Å². The Morgan fingerprint density at radius 2 is 1.00 bits per heavy atom. The van der Waals surface area contributed by atoms with E-state index in [0.29, 0.717) is 0 Å². The molecule has 0 saturated carbocycles. The summed E-state index contributed by atoms with van der Waals surface area (Å²) in [6.07, 6.45) is 0. The highest BCUT2D eigenvalue weighted by atomic mass is 35.5. The summed E-state index contributed by atoms with van der Waals surface area (Å²) >= 11 is 5.00. The lowest BCUT2D eigenvalue weighted by molar-refractivity contribution is 0.384. The predicted molar refractivity (Wildman–Crippen MR) is 38.9 cm³/mol. The van der Waals surface area contributed by atoms with Crippen molar-refractivity contribution in [1.29, 1.82) is 0 Å². The van der Waals surface area contributed by atoms with Gasteiger partial charge in [0.05, 0.1) is 0 Å². The van der Waals surface area contributed by atoms with Crippen molar-refractivity contribution in [3.8, 4) is 0 Å². The van der Waals surface area contributed by atoms with Gasteiger partial charge in [-0.3, -0.25) is 0 Å². The fourth-order valence-corrected chi connectivity index (χ4v) is 1.00. The predicted octanol–water partition coefficient (Wildman–Crippen LogP) is 1.60. The van der Waals surface area contributed by atoms with Gasteiger partial charge >= 0.3 is 0 Å². The minimum Gasteiger partial charge on any atom is -0.204 e. The first-order valence-electron chi connectivity index (χ1n) is 3.07. The van der Waals surface area contributed by atoms with E-state index in [9.17, 15) is 22.0 Å². The van der Waals surface area contributed by atoms with Gasteiger partial charge in [0, 0.05) is 5.46 Å². The second-order valence-electron chi connectivity index (χ2n) is 2.18. The van der Waals surface area contributed by atoms with Gasteiger partial charge in [-0.1, -0.05) is 0 Å².